The Morgan fingerprint density at radius 1 is 1.40 bits per heavy atom. The van der Waals surface area contributed by atoms with Crippen molar-refractivity contribution in [2.24, 2.45) is 5.73 Å². The highest BCUT2D eigenvalue weighted by Crippen LogP contribution is 2.23. The molecule has 0 saturated heterocycles. The molecule has 0 atom stereocenters. The molecule has 1 rings (SSSR count). The largest absolute Gasteiger partial charge is 0.326 e. The summed E-state index contributed by atoms with van der Waals surface area (Å²) in [4.78, 5) is -0.0464. The smallest absolute Gasteiger partial charge is 0.240 e. The Morgan fingerprint density at radius 3 is 2.50 bits per heavy atom. The van der Waals surface area contributed by atoms with E-state index in [0.29, 0.717) is 5.56 Å². The van der Waals surface area contributed by atoms with E-state index in [2.05, 4.69) is 4.72 Å². The molecule has 0 amide bonds. The second kappa shape index (κ2) is 6.43. The maximum absolute atomic E-state index is 13.7. The van der Waals surface area contributed by atoms with Crippen molar-refractivity contribution in [3.8, 4) is 0 Å². The normalized spacial score (nSPS) is 12.7. The van der Waals surface area contributed by atoms with Crippen LogP contribution >= 0.6 is 11.8 Å². The fourth-order valence-corrected chi connectivity index (χ4v) is 3.34. The zero-order valence-electron chi connectivity index (χ0n) is 12.2. The minimum atomic E-state index is -3.75. The lowest BCUT2D eigenvalue weighted by molar-refractivity contribution is 0.565. The third-order valence-corrected chi connectivity index (χ3v) is 5.90. The van der Waals surface area contributed by atoms with Crippen LogP contribution in [-0.2, 0) is 16.6 Å². The van der Waals surface area contributed by atoms with Crippen LogP contribution in [0.1, 0.15) is 25.0 Å². The number of sulfonamides is 1. The number of halogens is 1. The van der Waals surface area contributed by atoms with Gasteiger partial charge in [0.1, 0.15) is 5.82 Å². The van der Waals surface area contributed by atoms with Crippen LogP contribution < -0.4 is 10.5 Å². The van der Waals surface area contributed by atoms with Crippen LogP contribution in [0.3, 0.4) is 0 Å². The quantitative estimate of drug-likeness (QED) is 0.841. The third kappa shape index (κ3) is 4.18. The molecule has 1 aromatic carbocycles. The maximum Gasteiger partial charge on any atom is 0.240 e. The van der Waals surface area contributed by atoms with E-state index in [1.165, 1.54) is 19.1 Å². The van der Waals surface area contributed by atoms with E-state index in [9.17, 15) is 12.8 Å². The van der Waals surface area contributed by atoms with Crippen LogP contribution in [0.2, 0.25) is 0 Å². The van der Waals surface area contributed by atoms with E-state index >= 15 is 0 Å². The first-order valence-electron chi connectivity index (χ1n) is 6.17. The topological polar surface area (TPSA) is 72.2 Å². The predicted molar refractivity (Wildman–Crippen MR) is 81.8 cm³/mol. The Hall–Kier alpha value is -0.630. The Morgan fingerprint density at radius 2 is 2.00 bits per heavy atom. The predicted octanol–water partition coefficient (Wildman–Crippen LogP) is 2.01. The molecule has 0 radical (unpaired) electrons. The van der Waals surface area contributed by atoms with Gasteiger partial charge in [-0.25, -0.2) is 17.5 Å². The number of nitrogens with one attached hydrogen (secondary N) is 1. The Balaban J connectivity index is 3.13. The summed E-state index contributed by atoms with van der Waals surface area (Å²) in [6.07, 6.45) is 1.91. The third-order valence-electron chi connectivity index (χ3n) is 3.12. The van der Waals surface area contributed by atoms with Crippen molar-refractivity contribution in [3.63, 3.8) is 0 Å². The molecule has 0 aliphatic rings. The van der Waals surface area contributed by atoms with E-state index in [1.54, 1.807) is 11.8 Å². The summed E-state index contributed by atoms with van der Waals surface area (Å²) in [5, 5.41) is 0. The molecule has 0 unspecified atom stereocenters. The Kier molecular flexibility index (Phi) is 5.60. The van der Waals surface area contributed by atoms with Gasteiger partial charge in [-0.05, 0) is 44.7 Å². The summed E-state index contributed by atoms with van der Waals surface area (Å²) < 4.78 is 40.7. The molecule has 3 N–H and O–H groups in total. The van der Waals surface area contributed by atoms with Crippen molar-refractivity contribution in [2.75, 3.05) is 12.8 Å². The van der Waals surface area contributed by atoms with Crippen LogP contribution in [0.25, 0.3) is 0 Å². The van der Waals surface area contributed by atoms with Crippen LogP contribution in [0.5, 0.6) is 0 Å². The molecule has 0 aliphatic heterocycles. The second-order valence-electron chi connectivity index (χ2n) is 5.19. The summed E-state index contributed by atoms with van der Waals surface area (Å²) in [7, 11) is -3.75. The average molecular weight is 320 g/mol. The van der Waals surface area contributed by atoms with Crippen molar-refractivity contribution in [3.05, 3.63) is 29.1 Å². The maximum atomic E-state index is 13.7. The molecule has 0 aromatic heterocycles. The molecule has 0 aliphatic carbocycles. The average Bonchev–Trinajstić information content (AvgIpc) is 2.39. The van der Waals surface area contributed by atoms with Gasteiger partial charge < -0.3 is 5.73 Å². The number of thioether (sulfide) groups is 1. The van der Waals surface area contributed by atoms with E-state index in [-0.39, 0.29) is 28.3 Å². The van der Waals surface area contributed by atoms with Gasteiger partial charge in [-0.3, -0.25) is 0 Å². The molecule has 0 fully saturated rings. The number of benzene rings is 1. The van der Waals surface area contributed by atoms with Crippen molar-refractivity contribution in [2.45, 2.75) is 37.0 Å². The first kappa shape index (κ1) is 17.4. The lowest BCUT2D eigenvalue weighted by Gasteiger charge is -2.22. The van der Waals surface area contributed by atoms with Crippen LogP contribution in [0.4, 0.5) is 4.39 Å². The summed E-state index contributed by atoms with van der Waals surface area (Å²) in [6.45, 7) is 5.68. The van der Waals surface area contributed by atoms with E-state index < -0.39 is 15.8 Å². The lowest BCUT2D eigenvalue weighted by atomic mass is 10.1. The molecule has 0 heterocycles. The lowest BCUT2D eigenvalue weighted by Crippen LogP contribution is -2.36. The van der Waals surface area contributed by atoms with Crippen molar-refractivity contribution >= 4 is 21.8 Å². The van der Waals surface area contributed by atoms with Crippen molar-refractivity contribution in [1.29, 1.82) is 0 Å². The van der Waals surface area contributed by atoms with Crippen molar-refractivity contribution < 1.29 is 12.8 Å². The summed E-state index contributed by atoms with van der Waals surface area (Å²) in [6, 6.07) is 2.69. The van der Waals surface area contributed by atoms with E-state index in [1.807, 2.05) is 20.1 Å². The number of nitrogens with two attached hydrogens (primary N) is 1. The first-order chi connectivity index (χ1) is 9.13. The highest BCUT2D eigenvalue weighted by molar-refractivity contribution is 8.00. The van der Waals surface area contributed by atoms with Crippen LogP contribution in [0, 0.1) is 12.7 Å². The van der Waals surface area contributed by atoms with Gasteiger partial charge in [0.05, 0.1) is 4.90 Å². The Labute approximate surface area is 124 Å². The highest BCUT2D eigenvalue weighted by atomic mass is 32.2. The minimum absolute atomic E-state index is 0.0464. The van der Waals surface area contributed by atoms with Gasteiger partial charge in [-0.15, -0.1) is 0 Å². The van der Waals surface area contributed by atoms with Crippen LogP contribution in [-0.4, -0.2) is 26.0 Å². The van der Waals surface area contributed by atoms with E-state index in [0.717, 1.165) is 0 Å². The monoisotopic (exact) mass is 320 g/mol. The van der Waals surface area contributed by atoms with Crippen molar-refractivity contribution in [1.82, 2.24) is 4.72 Å². The minimum Gasteiger partial charge on any atom is -0.326 e. The molecule has 20 heavy (non-hydrogen) atoms. The molecule has 1 aromatic rings. The molecule has 0 spiro atoms. The summed E-state index contributed by atoms with van der Waals surface area (Å²) >= 11 is 1.56. The molecular formula is C13H21FN2O2S2. The summed E-state index contributed by atoms with van der Waals surface area (Å²) in [5.74, 6) is -0.558. The second-order valence-corrected chi connectivity index (χ2v) is 8.44. The van der Waals surface area contributed by atoms with Gasteiger partial charge >= 0.3 is 0 Å². The van der Waals surface area contributed by atoms with E-state index in [4.69, 9.17) is 5.73 Å². The number of hydrogen-bond donors (Lipinski definition) is 2. The SMILES string of the molecule is CSC(C)(C)CNS(=O)(=O)c1cc(CN)cc(F)c1C. The zero-order valence-corrected chi connectivity index (χ0v) is 13.8. The molecule has 0 bridgehead atoms. The molecule has 4 nitrogen and oxygen atoms in total. The van der Waals surface area contributed by atoms with Gasteiger partial charge in [0.15, 0.2) is 0 Å². The molecule has 0 saturated carbocycles. The van der Waals surface area contributed by atoms with Crippen LogP contribution in [0.15, 0.2) is 17.0 Å². The van der Waals surface area contributed by atoms with Gasteiger partial charge in [-0.2, -0.15) is 11.8 Å². The van der Waals surface area contributed by atoms with Gasteiger partial charge in [0.25, 0.3) is 0 Å². The molecule has 114 valence electrons. The number of hydrogen-bond acceptors (Lipinski definition) is 4. The molecule has 7 heteroatoms. The highest BCUT2D eigenvalue weighted by Gasteiger charge is 2.24. The van der Waals surface area contributed by atoms with Gasteiger partial charge in [0, 0.05) is 23.4 Å². The van der Waals surface area contributed by atoms with Gasteiger partial charge in [-0.1, -0.05) is 0 Å². The standard InChI is InChI=1S/C13H21FN2O2S2/c1-9-11(14)5-10(7-15)6-12(9)20(17,18)16-8-13(2,3)19-4/h5-6,16H,7-8,15H2,1-4H3. The fraction of sp³-hybridized carbons (Fsp3) is 0.538. The zero-order chi connectivity index (χ0) is 15.6. The summed E-state index contributed by atoms with van der Waals surface area (Å²) in [5.41, 5.74) is 6.02. The fourth-order valence-electron chi connectivity index (χ4n) is 1.52. The first-order valence-corrected chi connectivity index (χ1v) is 8.87. The van der Waals surface area contributed by atoms with Gasteiger partial charge in [0.2, 0.25) is 10.0 Å². The number of rotatable bonds is 6. The Bertz CT molecular complexity index is 586. The molecular weight excluding hydrogens is 299 g/mol.